The number of anilines is 1. The van der Waals surface area contributed by atoms with Gasteiger partial charge < -0.3 is 15.7 Å². The summed E-state index contributed by atoms with van der Waals surface area (Å²) in [5.41, 5.74) is -0.975. The highest BCUT2D eigenvalue weighted by molar-refractivity contribution is 6.32. The molecule has 0 spiro atoms. The average molecular weight is 368 g/mol. The first-order valence-electron chi connectivity index (χ1n) is 7.01. The summed E-state index contributed by atoms with van der Waals surface area (Å²) in [7, 11) is 0. The first-order valence-corrected chi connectivity index (χ1v) is 7.39. The van der Waals surface area contributed by atoms with Gasteiger partial charge >= 0.3 is 12.1 Å². The summed E-state index contributed by atoms with van der Waals surface area (Å²) in [6, 6.07) is -0.277. The van der Waals surface area contributed by atoms with Crippen molar-refractivity contribution in [3.63, 3.8) is 0 Å². The topological polar surface area (TPSA) is 91.3 Å². The predicted molar refractivity (Wildman–Crippen MR) is 81.8 cm³/mol. The largest absolute Gasteiger partial charge is 0.480 e. The Morgan fingerprint density at radius 1 is 1.38 bits per heavy atom. The van der Waals surface area contributed by atoms with Gasteiger partial charge in [-0.2, -0.15) is 13.2 Å². The van der Waals surface area contributed by atoms with Crippen LogP contribution in [0.25, 0.3) is 0 Å². The molecule has 1 atom stereocenters. The molecule has 10 heteroatoms. The van der Waals surface area contributed by atoms with Gasteiger partial charge in [0.15, 0.2) is 0 Å². The number of alkyl halides is 3. The van der Waals surface area contributed by atoms with Crippen LogP contribution < -0.4 is 10.6 Å². The zero-order valence-corrected chi connectivity index (χ0v) is 13.7. The second-order valence-electron chi connectivity index (χ2n) is 5.36. The molecule has 6 nitrogen and oxygen atoms in total. The number of hydrogen-bond donors (Lipinski definition) is 3. The smallest absolute Gasteiger partial charge is 0.417 e. The molecule has 3 N–H and O–H groups in total. The maximum atomic E-state index is 12.5. The minimum absolute atomic E-state index is 0.0103. The van der Waals surface area contributed by atoms with Crippen molar-refractivity contribution < 1.29 is 27.9 Å². The van der Waals surface area contributed by atoms with E-state index in [2.05, 4.69) is 15.6 Å². The number of hydrogen-bond acceptors (Lipinski definition) is 4. The molecule has 0 saturated carbocycles. The van der Waals surface area contributed by atoms with Gasteiger partial charge in [0.1, 0.15) is 11.9 Å². The lowest BCUT2D eigenvalue weighted by Gasteiger charge is -2.18. The number of nitrogens with one attached hydrogen (secondary N) is 2. The minimum Gasteiger partial charge on any atom is -0.480 e. The Bertz CT molecular complexity index is 609. The monoisotopic (exact) mass is 367 g/mol. The number of aromatic nitrogens is 1. The van der Waals surface area contributed by atoms with Crippen LogP contribution in [0.2, 0.25) is 5.02 Å². The number of amides is 1. The molecule has 0 saturated heterocycles. The Labute approximate surface area is 141 Å². The van der Waals surface area contributed by atoms with Crippen LogP contribution in [0.4, 0.5) is 19.0 Å². The number of carbonyl (C=O) groups is 2. The van der Waals surface area contributed by atoms with Gasteiger partial charge in [-0.15, -0.1) is 0 Å². The Morgan fingerprint density at radius 2 is 2.00 bits per heavy atom. The van der Waals surface area contributed by atoms with E-state index in [1.54, 1.807) is 13.8 Å². The van der Waals surface area contributed by atoms with Crippen LogP contribution >= 0.6 is 11.6 Å². The molecule has 0 aliphatic heterocycles. The normalized spacial score (nSPS) is 12.8. The fourth-order valence-corrected chi connectivity index (χ4v) is 2.01. The fraction of sp³-hybridized carbons (Fsp3) is 0.500. The Kier molecular flexibility index (Phi) is 6.82. The van der Waals surface area contributed by atoms with Gasteiger partial charge in [0.05, 0.1) is 10.6 Å². The molecule has 1 aromatic rings. The maximum Gasteiger partial charge on any atom is 0.417 e. The average Bonchev–Trinajstić information content (AvgIpc) is 2.44. The molecule has 1 aromatic heterocycles. The molecule has 0 unspecified atom stereocenters. The summed E-state index contributed by atoms with van der Waals surface area (Å²) < 4.78 is 37.5. The molecule has 24 heavy (non-hydrogen) atoms. The van der Waals surface area contributed by atoms with Gasteiger partial charge in [-0.25, -0.2) is 9.78 Å². The van der Waals surface area contributed by atoms with Crippen LogP contribution in [0.15, 0.2) is 12.3 Å². The zero-order chi connectivity index (χ0) is 18.5. The van der Waals surface area contributed by atoms with Gasteiger partial charge in [0, 0.05) is 19.2 Å². The summed E-state index contributed by atoms with van der Waals surface area (Å²) in [5, 5.41) is 13.7. The van der Waals surface area contributed by atoms with Crippen molar-refractivity contribution in [2.24, 2.45) is 5.92 Å². The van der Waals surface area contributed by atoms with E-state index in [0.29, 0.717) is 6.20 Å². The third kappa shape index (κ3) is 5.88. The fourth-order valence-electron chi connectivity index (χ4n) is 1.78. The van der Waals surface area contributed by atoms with E-state index in [1.807, 2.05) is 0 Å². The van der Waals surface area contributed by atoms with Crippen molar-refractivity contribution >= 4 is 29.3 Å². The van der Waals surface area contributed by atoms with Crippen molar-refractivity contribution in [2.45, 2.75) is 32.5 Å². The van der Waals surface area contributed by atoms with Gasteiger partial charge in [0.2, 0.25) is 5.91 Å². The Morgan fingerprint density at radius 3 is 2.46 bits per heavy atom. The molecule has 0 bridgehead atoms. The zero-order valence-electron chi connectivity index (χ0n) is 12.9. The molecular weight excluding hydrogens is 351 g/mol. The van der Waals surface area contributed by atoms with Gasteiger partial charge in [0.25, 0.3) is 0 Å². The number of aliphatic carboxylic acids is 1. The highest BCUT2D eigenvalue weighted by atomic mass is 35.5. The molecule has 0 aliphatic carbocycles. The molecule has 0 radical (unpaired) electrons. The van der Waals surface area contributed by atoms with Crippen LogP contribution in [0.5, 0.6) is 0 Å². The second-order valence-corrected chi connectivity index (χ2v) is 5.76. The van der Waals surface area contributed by atoms with Gasteiger partial charge in [-0.05, 0) is 12.0 Å². The van der Waals surface area contributed by atoms with Crippen molar-refractivity contribution in [3.05, 3.63) is 22.8 Å². The molecular formula is C14H17ClF3N3O3. The Hall–Kier alpha value is -2.03. The first kappa shape index (κ1) is 20.0. The van der Waals surface area contributed by atoms with Gasteiger partial charge in [-0.1, -0.05) is 25.4 Å². The minimum atomic E-state index is -4.54. The lowest BCUT2D eigenvalue weighted by molar-refractivity contribution is -0.143. The number of carbonyl (C=O) groups excluding carboxylic acids is 1. The van der Waals surface area contributed by atoms with Crippen molar-refractivity contribution in [2.75, 3.05) is 11.9 Å². The number of nitrogens with zero attached hydrogens (tertiary/aromatic N) is 1. The highest BCUT2D eigenvalue weighted by Gasteiger charge is 2.31. The summed E-state index contributed by atoms with van der Waals surface area (Å²) in [5.74, 6) is -1.92. The molecule has 1 heterocycles. The van der Waals surface area contributed by atoms with Crippen LogP contribution in [0, 0.1) is 5.92 Å². The first-order chi connectivity index (χ1) is 11.0. The van der Waals surface area contributed by atoms with Gasteiger partial charge in [-0.3, -0.25) is 4.79 Å². The molecule has 0 fully saturated rings. The summed E-state index contributed by atoms with van der Waals surface area (Å²) in [6.45, 7) is 3.35. The standard InChI is InChI=1S/C14H17ClF3N3O3/c1-7(2)11(13(23)24)21-10(22)3-4-19-12-9(15)5-8(6-20-12)14(16,17)18/h5-7,11H,3-4H2,1-2H3,(H,19,20)(H,21,22)(H,23,24)/t11-/m1/s1. The lowest BCUT2D eigenvalue weighted by atomic mass is 10.0. The third-order valence-corrected chi connectivity index (χ3v) is 3.35. The molecule has 0 aliphatic rings. The van der Waals surface area contributed by atoms with E-state index in [4.69, 9.17) is 16.7 Å². The number of carboxylic acid groups (broad SMARTS) is 1. The second kappa shape index (κ2) is 8.18. The highest BCUT2D eigenvalue weighted by Crippen LogP contribution is 2.32. The lowest BCUT2D eigenvalue weighted by Crippen LogP contribution is -2.44. The third-order valence-electron chi connectivity index (χ3n) is 3.06. The van der Waals surface area contributed by atoms with Crippen molar-refractivity contribution in [3.8, 4) is 0 Å². The van der Waals surface area contributed by atoms with Crippen LogP contribution in [-0.4, -0.2) is 34.6 Å². The molecule has 1 rings (SSSR count). The van der Waals surface area contributed by atoms with E-state index in [-0.39, 0.29) is 29.7 Å². The predicted octanol–water partition coefficient (Wildman–Crippen LogP) is 2.78. The SMILES string of the molecule is CC(C)[C@@H](NC(=O)CCNc1ncc(C(F)(F)F)cc1Cl)C(=O)O. The van der Waals surface area contributed by atoms with Crippen LogP contribution in [-0.2, 0) is 15.8 Å². The molecule has 134 valence electrons. The molecule has 1 amide bonds. The van der Waals surface area contributed by atoms with E-state index < -0.39 is 29.7 Å². The molecule has 0 aromatic carbocycles. The summed E-state index contributed by atoms with van der Waals surface area (Å²) in [4.78, 5) is 26.3. The van der Waals surface area contributed by atoms with Crippen molar-refractivity contribution in [1.82, 2.24) is 10.3 Å². The quantitative estimate of drug-likeness (QED) is 0.689. The van der Waals surface area contributed by atoms with E-state index >= 15 is 0 Å². The number of halogens is 4. The Balaban J connectivity index is 2.56. The van der Waals surface area contributed by atoms with Crippen LogP contribution in [0.3, 0.4) is 0 Å². The van der Waals surface area contributed by atoms with Crippen LogP contribution in [0.1, 0.15) is 25.8 Å². The number of carboxylic acids is 1. The van der Waals surface area contributed by atoms with E-state index in [0.717, 1.165) is 6.07 Å². The number of rotatable bonds is 7. The summed E-state index contributed by atoms with van der Waals surface area (Å²) >= 11 is 5.71. The van der Waals surface area contributed by atoms with E-state index in [9.17, 15) is 22.8 Å². The van der Waals surface area contributed by atoms with Crippen molar-refractivity contribution in [1.29, 1.82) is 0 Å². The van der Waals surface area contributed by atoms with E-state index in [1.165, 1.54) is 0 Å². The summed E-state index contributed by atoms with van der Waals surface area (Å²) in [6.07, 6.45) is -4.00. The maximum absolute atomic E-state index is 12.5. The number of pyridine rings is 1.